The van der Waals surface area contributed by atoms with Crippen LogP contribution < -0.4 is 5.32 Å². The predicted octanol–water partition coefficient (Wildman–Crippen LogP) is 2.76. The molecular formula is C10H22N2O2S. The monoisotopic (exact) mass is 234 g/mol. The third-order valence-corrected chi connectivity index (χ3v) is 3.00. The van der Waals surface area contributed by atoms with Gasteiger partial charge in [-0.15, -0.1) is 0 Å². The van der Waals surface area contributed by atoms with E-state index in [0.29, 0.717) is 5.88 Å². The Morgan fingerprint density at radius 1 is 1.27 bits per heavy atom. The van der Waals surface area contributed by atoms with E-state index in [1.54, 1.807) is 11.9 Å². The summed E-state index contributed by atoms with van der Waals surface area (Å²) in [6.45, 7) is 6.42. The van der Waals surface area contributed by atoms with Gasteiger partial charge in [0.05, 0.1) is 5.88 Å². The van der Waals surface area contributed by atoms with Crippen molar-refractivity contribution in [2.75, 3.05) is 19.0 Å². The Morgan fingerprint density at radius 3 is 2.20 bits per heavy atom. The summed E-state index contributed by atoms with van der Waals surface area (Å²) in [5.41, 5.74) is 0. The average Bonchev–Trinajstić information content (AvgIpc) is 2.20. The molecule has 0 aromatic rings. The van der Waals surface area contributed by atoms with Crippen LogP contribution in [-0.4, -0.2) is 34.5 Å². The fraction of sp³-hybridized carbons (Fsp3) is 0.900. The Labute approximate surface area is 96.5 Å². The van der Waals surface area contributed by atoms with Crippen molar-refractivity contribution in [1.29, 1.82) is 0 Å². The summed E-state index contributed by atoms with van der Waals surface area (Å²) in [4.78, 5) is 10.3. The van der Waals surface area contributed by atoms with Crippen LogP contribution in [0.2, 0.25) is 0 Å². The van der Waals surface area contributed by atoms with Crippen LogP contribution in [0.3, 0.4) is 0 Å². The van der Waals surface area contributed by atoms with Crippen molar-refractivity contribution in [2.45, 2.75) is 39.5 Å². The van der Waals surface area contributed by atoms with Gasteiger partial charge in [-0.05, 0) is 12.8 Å². The van der Waals surface area contributed by atoms with Gasteiger partial charge < -0.3 is 10.4 Å². The molecule has 0 rings (SSSR count). The molecule has 0 aliphatic heterocycles. The highest BCUT2D eigenvalue weighted by Crippen LogP contribution is 2.11. The van der Waals surface area contributed by atoms with Crippen LogP contribution in [0.1, 0.15) is 39.5 Å². The highest BCUT2D eigenvalue weighted by atomic mass is 32.2. The molecule has 0 fully saturated rings. The maximum atomic E-state index is 10.3. The van der Waals surface area contributed by atoms with Crippen molar-refractivity contribution in [3.8, 4) is 0 Å². The zero-order valence-corrected chi connectivity index (χ0v) is 10.5. The number of amides is 1. The van der Waals surface area contributed by atoms with Crippen molar-refractivity contribution in [3.05, 3.63) is 0 Å². The summed E-state index contributed by atoms with van der Waals surface area (Å²) in [6.07, 6.45) is 3.74. The lowest BCUT2D eigenvalue weighted by molar-refractivity contribution is 0.196. The lowest BCUT2D eigenvalue weighted by Crippen LogP contribution is -2.26. The Balaban J connectivity index is 3.63. The maximum Gasteiger partial charge on any atom is 0.405 e. The normalized spacial score (nSPS) is 10.6. The molecule has 0 radical (unpaired) electrons. The van der Waals surface area contributed by atoms with Gasteiger partial charge in [0.25, 0.3) is 0 Å². The number of carboxylic acid groups (broad SMARTS) is 1. The van der Waals surface area contributed by atoms with E-state index in [9.17, 15) is 4.79 Å². The molecule has 2 N–H and O–H groups in total. The van der Waals surface area contributed by atoms with Crippen molar-refractivity contribution in [2.24, 2.45) is 0 Å². The van der Waals surface area contributed by atoms with Crippen molar-refractivity contribution in [3.63, 3.8) is 0 Å². The number of rotatable bonds is 9. The van der Waals surface area contributed by atoms with Crippen LogP contribution in [0.15, 0.2) is 0 Å². The van der Waals surface area contributed by atoms with E-state index in [2.05, 4.69) is 23.5 Å². The van der Waals surface area contributed by atoms with Crippen LogP contribution in [-0.2, 0) is 0 Å². The van der Waals surface area contributed by atoms with Gasteiger partial charge >= 0.3 is 6.09 Å². The minimum absolute atomic E-state index is 0.447. The SMILES string of the molecule is CCCCN(CCCC)SCNC(=O)O. The minimum atomic E-state index is -0.951. The number of hydrogen-bond donors (Lipinski definition) is 2. The molecule has 90 valence electrons. The smallest absolute Gasteiger partial charge is 0.405 e. The van der Waals surface area contributed by atoms with Gasteiger partial charge in [0.15, 0.2) is 0 Å². The van der Waals surface area contributed by atoms with E-state index >= 15 is 0 Å². The summed E-state index contributed by atoms with van der Waals surface area (Å²) in [6, 6.07) is 0. The highest BCUT2D eigenvalue weighted by Gasteiger charge is 2.04. The molecule has 5 heteroatoms. The van der Waals surface area contributed by atoms with Gasteiger partial charge in [-0.1, -0.05) is 38.6 Å². The number of hydrogen-bond acceptors (Lipinski definition) is 3. The van der Waals surface area contributed by atoms with Crippen LogP contribution in [0.25, 0.3) is 0 Å². The van der Waals surface area contributed by atoms with Gasteiger partial charge in [-0.25, -0.2) is 9.10 Å². The standard InChI is InChI=1S/C10H22N2O2S/c1-3-5-7-12(8-6-4-2)15-9-11-10(13)14/h11H,3-9H2,1-2H3,(H,13,14). The van der Waals surface area contributed by atoms with E-state index in [-0.39, 0.29) is 0 Å². The summed E-state index contributed by atoms with van der Waals surface area (Å²) in [5, 5.41) is 10.8. The third kappa shape index (κ3) is 9.87. The molecule has 4 nitrogen and oxygen atoms in total. The summed E-state index contributed by atoms with van der Waals surface area (Å²) in [7, 11) is 0. The number of nitrogens with one attached hydrogen (secondary N) is 1. The van der Waals surface area contributed by atoms with Crippen molar-refractivity contribution in [1.82, 2.24) is 9.62 Å². The van der Waals surface area contributed by atoms with Gasteiger partial charge in [-0.2, -0.15) is 0 Å². The van der Waals surface area contributed by atoms with Crippen LogP contribution >= 0.6 is 11.9 Å². The molecule has 0 saturated carbocycles. The zero-order chi connectivity index (χ0) is 11.5. The topological polar surface area (TPSA) is 52.6 Å². The van der Waals surface area contributed by atoms with E-state index < -0.39 is 6.09 Å². The second-order valence-corrected chi connectivity index (χ2v) is 4.45. The maximum absolute atomic E-state index is 10.3. The van der Waals surface area contributed by atoms with Crippen LogP contribution in [0, 0.1) is 0 Å². The quantitative estimate of drug-likeness (QED) is 0.476. The lowest BCUT2D eigenvalue weighted by atomic mass is 10.3. The fourth-order valence-corrected chi connectivity index (χ4v) is 1.98. The van der Waals surface area contributed by atoms with Gasteiger partial charge in [0.1, 0.15) is 0 Å². The van der Waals surface area contributed by atoms with Crippen LogP contribution in [0.5, 0.6) is 0 Å². The molecule has 0 bridgehead atoms. The van der Waals surface area contributed by atoms with E-state index in [4.69, 9.17) is 5.11 Å². The second kappa shape index (κ2) is 10.1. The predicted molar refractivity (Wildman–Crippen MR) is 65.0 cm³/mol. The van der Waals surface area contributed by atoms with E-state index in [0.717, 1.165) is 13.1 Å². The van der Waals surface area contributed by atoms with Crippen LogP contribution in [0.4, 0.5) is 4.79 Å². The van der Waals surface area contributed by atoms with Gasteiger partial charge in [-0.3, -0.25) is 0 Å². The number of nitrogens with zero attached hydrogens (tertiary/aromatic N) is 1. The molecule has 0 aromatic carbocycles. The largest absolute Gasteiger partial charge is 0.465 e. The molecule has 0 saturated heterocycles. The molecule has 0 aliphatic carbocycles. The number of unbranched alkanes of at least 4 members (excludes halogenated alkanes) is 2. The first kappa shape index (κ1) is 14.6. The average molecular weight is 234 g/mol. The lowest BCUT2D eigenvalue weighted by Gasteiger charge is -2.20. The summed E-state index contributed by atoms with van der Waals surface area (Å²) >= 11 is 1.57. The molecule has 1 amide bonds. The van der Waals surface area contributed by atoms with Crippen molar-refractivity contribution < 1.29 is 9.90 Å². The Morgan fingerprint density at radius 2 is 1.80 bits per heavy atom. The Bertz CT molecular complexity index is 160. The highest BCUT2D eigenvalue weighted by molar-refractivity contribution is 7.96. The molecule has 0 aromatic heterocycles. The first-order valence-electron chi connectivity index (χ1n) is 5.55. The molecule has 0 unspecified atom stereocenters. The minimum Gasteiger partial charge on any atom is -0.465 e. The third-order valence-electron chi connectivity index (χ3n) is 1.99. The first-order valence-corrected chi connectivity index (χ1v) is 6.49. The van der Waals surface area contributed by atoms with E-state index in [1.165, 1.54) is 25.7 Å². The molecular weight excluding hydrogens is 212 g/mol. The van der Waals surface area contributed by atoms with Gasteiger partial charge in [0.2, 0.25) is 0 Å². The molecule has 15 heavy (non-hydrogen) atoms. The fourth-order valence-electron chi connectivity index (χ4n) is 1.10. The molecule has 0 aliphatic rings. The first-order chi connectivity index (χ1) is 7.20. The Hall–Kier alpha value is -0.420. The summed E-state index contributed by atoms with van der Waals surface area (Å²) in [5.74, 6) is 0.447. The molecule has 0 atom stereocenters. The number of carbonyl (C=O) groups is 1. The van der Waals surface area contributed by atoms with Gasteiger partial charge in [0, 0.05) is 13.1 Å². The summed E-state index contributed by atoms with van der Waals surface area (Å²) < 4.78 is 2.25. The molecule has 0 spiro atoms. The second-order valence-electron chi connectivity index (χ2n) is 3.39. The molecule has 0 heterocycles. The Kier molecular flexibility index (Phi) is 9.83. The van der Waals surface area contributed by atoms with E-state index in [1.807, 2.05) is 0 Å². The van der Waals surface area contributed by atoms with Crippen molar-refractivity contribution >= 4 is 18.0 Å². The zero-order valence-electron chi connectivity index (χ0n) is 9.66.